The molecule has 2 aromatic rings. The molecule has 178 valence electrons. The van der Waals surface area contributed by atoms with Crippen molar-refractivity contribution in [3.63, 3.8) is 0 Å². The lowest BCUT2D eigenvalue weighted by atomic mass is 10.1. The summed E-state index contributed by atoms with van der Waals surface area (Å²) in [6.07, 6.45) is -0.835. The molecule has 0 bridgehead atoms. The second-order valence-electron chi connectivity index (χ2n) is 7.61. The van der Waals surface area contributed by atoms with Gasteiger partial charge in [-0.1, -0.05) is 29.8 Å². The van der Waals surface area contributed by atoms with Gasteiger partial charge in [-0.15, -0.1) is 0 Å². The summed E-state index contributed by atoms with van der Waals surface area (Å²) in [6.45, 7) is 5.51. The van der Waals surface area contributed by atoms with Crippen LogP contribution in [0.2, 0.25) is 5.02 Å². The van der Waals surface area contributed by atoms with Crippen LogP contribution in [0.15, 0.2) is 48.5 Å². The molecule has 2 aromatic carbocycles. The van der Waals surface area contributed by atoms with Crippen LogP contribution in [-0.2, 0) is 35.2 Å². The molecule has 0 spiro atoms. The summed E-state index contributed by atoms with van der Waals surface area (Å²) in [6, 6.07) is 13.5. The summed E-state index contributed by atoms with van der Waals surface area (Å²) in [5, 5.41) is 0.544. The molecule has 0 aliphatic rings. The monoisotopic (exact) mass is 478 g/mol. The largest absolute Gasteiger partial charge is 0.476 e. The van der Waals surface area contributed by atoms with Gasteiger partial charge in [0.25, 0.3) is 0 Å². The maximum Gasteiger partial charge on any atom is 0.350 e. The number of hydrogen-bond donors (Lipinski definition) is 0. The summed E-state index contributed by atoms with van der Waals surface area (Å²) in [7, 11) is 0. The van der Waals surface area contributed by atoms with Crippen molar-refractivity contribution in [1.82, 2.24) is 0 Å². The Hall–Kier alpha value is -3.10. The zero-order valence-corrected chi connectivity index (χ0v) is 19.7. The number of carbonyl (C=O) groups excluding carboxylic acids is 3. The van der Waals surface area contributed by atoms with Crippen LogP contribution in [0.1, 0.15) is 33.3 Å². The first kappa shape index (κ1) is 26.2. The fourth-order valence-corrected chi connectivity index (χ4v) is 2.84. The van der Waals surface area contributed by atoms with Crippen molar-refractivity contribution in [2.75, 3.05) is 13.2 Å². The molecule has 1 unspecified atom stereocenters. The average molecular weight is 479 g/mol. The Labute approximate surface area is 197 Å². The van der Waals surface area contributed by atoms with Crippen molar-refractivity contribution in [3.05, 3.63) is 59.1 Å². The molecular formula is C24H27ClO8. The van der Waals surface area contributed by atoms with Gasteiger partial charge < -0.3 is 23.7 Å². The third kappa shape index (κ3) is 9.11. The van der Waals surface area contributed by atoms with Gasteiger partial charge in [0.05, 0.1) is 13.2 Å². The van der Waals surface area contributed by atoms with Gasteiger partial charge in [0.15, 0.2) is 11.7 Å². The van der Waals surface area contributed by atoms with Crippen molar-refractivity contribution < 1.29 is 38.1 Å². The number of rotatable bonds is 11. The van der Waals surface area contributed by atoms with Crippen LogP contribution in [0.5, 0.6) is 11.5 Å². The van der Waals surface area contributed by atoms with Gasteiger partial charge in [0, 0.05) is 24.4 Å². The van der Waals surface area contributed by atoms with Crippen LogP contribution in [0.4, 0.5) is 0 Å². The Morgan fingerprint density at radius 1 is 0.939 bits per heavy atom. The van der Waals surface area contributed by atoms with Gasteiger partial charge in [-0.25, -0.2) is 4.79 Å². The molecule has 0 fully saturated rings. The molecule has 0 N–H and O–H groups in total. The number of hydrogen-bond acceptors (Lipinski definition) is 8. The topological polar surface area (TPSA) is 97.4 Å². The summed E-state index contributed by atoms with van der Waals surface area (Å²) in [5.74, 6) is -0.809. The molecule has 2 rings (SSSR count). The van der Waals surface area contributed by atoms with Gasteiger partial charge in [-0.2, -0.15) is 0 Å². The number of carbonyl (C=O) groups is 3. The van der Waals surface area contributed by atoms with Gasteiger partial charge in [-0.05, 0) is 44.2 Å². The number of benzene rings is 2. The van der Waals surface area contributed by atoms with Gasteiger partial charge in [0.2, 0.25) is 0 Å². The molecule has 1 atom stereocenters. The van der Waals surface area contributed by atoms with Crippen molar-refractivity contribution in [3.8, 4) is 11.5 Å². The molecule has 8 nitrogen and oxygen atoms in total. The summed E-state index contributed by atoms with van der Waals surface area (Å²) in [5.41, 5.74) is -0.651. The average Bonchev–Trinajstić information content (AvgIpc) is 2.73. The first-order valence-electron chi connectivity index (χ1n) is 10.2. The first-order chi connectivity index (χ1) is 15.6. The Bertz CT molecular complexity index is 955. The molecule has 0 heterocycles. The van der Waals surface area contributed by atoms with Crippen LogP contribution < -0.4 is 9.47 Å². The molecule has 9 heteroatoms. The van der Waals surface area contributed by atoms with Crippen molar-refractivity contribution in [1.29, 1.82) is 0 Å². The minimum atomic E-state index is -1.29. The minimum Gasteiger partial charge on any atom is -0.476 e. The third-order valence-electron chi connectivity index (χ3n) is 4.20. The Kier molecular flexibility index (Phi) is 9.69. The number of halogens is 1. The molecule has 0 aromatic heterocycles. The molecule has 0 saturated carbocycles. The Morgan fingerprint density at radius 2 is 1.61 bits per heavy atom. The predicted molar refractivity (Wildman–Crippen MR) is 120 cm³/mol. The summed E-state index contributed by atoms with van der Waals surface area (Å²) in [4.78, 5) is 35.3. The number of esters is 3. The zero-order chi connectivity index (χ0) is 24.4. The second kappa shape index (κ2) is 12.2. The predicted octanol–water partition coefficient (Wildman–Crippen LogP) is 4.11. The molecule has 0 saturated heterocycles. The molecule has 0 aliphatic heterocycles. The highest BCUT2D eigenvalue weighted by Crippen LogP contribution is 2.22. The van der Waals surface area contributed by atoms with Crippen LogP contribution in [0.25, 0.3) is 0 Å². The van der Waals surface area contributed by atoms with Crippen LogP contribution in [-0.4, -0.2) is 42.8 Å². The van der Waals surface area contributed by atoms with E-state index >= 15 is 0 Å². The van der Waals surface area contributed by atoms with Crippen molar-refractivity contribution in [2.45, 2.75) is 46.0 Å². The molecule has 0 amide bonds. The molecule has 0 aliphatic carbocycles. The summed E-state index contributed by atoms with van der Waals surface area (Å²) < 4.78 is 27.0. The Morgan fingerprint density at radius 3 is 2.24 bits per heavy atom. The smallest absolute Gasteiger partial charge is 0.350 e. The Balaban J connectivity index is 1.92. The lowest BCUT2D eigenvalue weighted by Gasteiger charge is -2.25. The summed E-state index contributed by atoms with van der Waals surface area (Å²) >= 11 is 5.86. The maximum absolute atomic E-state index is 12.6. The van der Waals surface area contributed by atoms with E-state index in [0.29, 0.717) is 22.1 Å². The minimum absolute atomic E-state index is 0.0419. The second-order valence-corrected chi connectivity index (χ2v) is 8.05. The highest BCUT2D eigenvalue weighted by molar-refractivity contribution is 6.30. The zero-order valence-electron chi connectivity index (χ0n) is 19.0. The van der Waals surface area contributed by atoms with E-state index in [0.717, 1.165) is 0 Å². The fourth-order valence-electron chi connectivity index (χ4n) is 2.71. The highest BCUT2D eigenvalue weighted by atomic mass is 35.5. The van der Waals surface area contributed by atoms with Crippen LogP contribution >= 0.6 is 11.6 Å². The van der Waals surface area contributed by atoms with Crippen molar-refractivity contribution in [2.24, 2.45) is 0 Å². The third-order valence-corrected chi connectivity index (χ3v) is 4.45. The normalized spacial score (nSPS) is 11.9. The van der Waals surface area contributed by atoms with Crippen LogP contribution in [0.3, 0.4) is 0 Å². The van der Waals surface area contributed by atoms with Crippen molar-refractivity contribution >= 4 is 29.5 Å². The highest BCUT2D eigenvalue weighted by Gasteiger charge is 2.33. The molecule has 33 heavy (non-hydrogen) atoms. The van der Waals surface area contributed by atoms with E-state index in [1.165, 1.54) is 13.8 Å². The SMILES string of the molecule is CC(=O)Oc1ccccc1COCC(COC(=O)C(C)(C)Oc1ccc(Cl)cc1)OC(C)=O. The van der Waals surface area contributed by atoms with Gasteiger partial charge in [0.1, 0.15) is 18.1 Å². The molecule has 0 radical (unpaired) electrons. The van der Waals surface area contributed by atoms with E-state index in [2.05, 4.69) is 0 Å². The lowest BCUT2D eigenvalue weighted by molar-refractivity contribution is -0.170. The maximum atomic E-state index is 12.6. The fraction of sp³-hybridized carbons (Fsp3) is 0.375. The van der Waals surface area contributed by atoms with E-state index in [1.54, 1.807) is 62.4 Å². The van der Waals surface area contributed by atoms with E-state index in [1.807, 2.05) is 0 Å². The van der Waals surface area contributed by atoms with E-state index in [-0.39, 0.29) is 19.8 Å². The van der Waals surface area contributed by atoms with E-state index < -0.39 is 29.6 Å². The van der Waals surface area contributed by atoms with Gasteiger partial charge in [-0.3, -0.25) is 9.59 Å². The quantitative estimate of drug-likeness (QED) is 0.351. The number of ether oxygens (including phenoxy) is 5. The van der Waals surface area contributed by atoms with E-state index in [9.17, 15) is 14.4 Å². The number of para-hydroxylation sites is 1. The molecular weight excluding hydrogens is 452 g/mol. The van der Waals surface area contributed by atoms with E-state index in [4.69, 9.17) is 35.3 Å². The first-order valence-corrected chi connectivity index (χ1v) is 10.6. The van der Waals surface area contributed by atoms with Crippen LogP contribution in [0, 0.1) is 0 Å². The van der Waals surface area contributed by atoms with Gasteiger partial charge >= 0.3 is 17.9 Å². The standard InChI is InChI=1S/C24H27ClO8/c1-16(26)31-21(14-29-13-18-7-5-6-8-22(18)32-17(2)27)15-30-23(28)24(3,4)33-20-11-9-19(25)10-12-20/h5-12,21H,13-15H2,1-4H3. The lowest BCUT2D eigenvalue weighted by Crippen LogP contribution is -2.41.